The molecule has 1 amide bonds. The molecule has 1 aromatic carbocycles. The predicted octanol–water partition coefficient (Wildman–Crippen LogP) is 3.73. The van der Waals surface area contributed by atoms with Gasteiger partial charge in [-0.05, 0) is 80.9 Å². The summed E-state index contributed by atoms with van der Waals surface area (Å²) in [7, 11) is -3.39. The minimum absolute atomic E-state index is 0.102. The number of carbonyl (C=O) groups is 1. The van der Waals surface area contributed by atoms with Gasteiger partial charge < -0.3 is 5.32 Å². The van der Waals surface area contributed by atoms with E-state index in [2.05, 4.69) is 12.2 Å². The van der Waals surface area contributed by atoms with Crippen LogP contribution in [0, 0.1) is 17.8 Å². The number of benzene rings is 1. The zero-order valence-corrected chi connectivity index (χ0v) is 18.3. The fraction of sp³-hybridized carbons (Fsp3) is 0.696. The molecule has 1 aromatic rings. The van der Waals surface area contributed by atoms with Gasteiger partial charge in [0.2, 0.25) is 15.9 Å². The van der Waals surface area contributed by atoms with Gasteiger partial charge in [0, 0.05) is 25.6 Å². The van der Waals surface area contributed by atoms with E-state index in [-0.39, 0.29) is 11.9 Å². The highest BCUT2D eigenvalue weighted by Crippen LogP contribution is 2.49. The van der Waals surface area contributed by atoms with Crippen LogP contribution in [0.4, 0.5) is 0 Å². The number of nitrogens with zero attached hydrogens (tertiary/aromatic N) is 1. The van der Waals surface area contributed by atoms with Crippen LogP contribution in [-0.4, -0.2) is 37.8 Å². The van der Waals surface area contributed by atoms with Crippen LogP contribution >= 0.6 is 0 Å². The van der Waals surface area contributed by atoms with E-state index in [0.29, 0.717) is 36.7 Å². The molecule has 0 aromatic heterocycles. The summed E-state index contributed by atoms with van der Waals surface area (Å²) in [6.45, 7) is 3.39. The van der Waals surface area contributed by atoms with Crippen molar-refractivity contribution in [1.29, 1.82) is 0 Å². The normalized spacial score (nSPS) is 28.4. The third-order valence-corrected chi connectivity index (χ3v) is 9.25. The molecule has 6 heteroatoms. The van der Waals surface area contributed by atoms with Crippen molar-refractivity contribution in [3.05, 3.63) is 29.8 Å². The Balaban J connectivity index is 1.27. The van der Waals surface area contributed by atoms with Gasteiger partial charge in [-0.3, -0.25) is 4.79 Å². The number of piperidine rings is 1. The van der Waals surface area contributed by atoms with Crippen molar-refractivity contribution in [3.8, 4) is 0 Å². The Kier molecular flexibility index (Phi) is 6.30. The standard InChI is InChI=1S/C23H34N2O3S/c1-17(22-16-19-5-9-20(22)15-19)24-23(26)12-8-18-6-10-21(11-7-18)29(27,28)25-13-3-2-4-14-25/h6-7,10-11,17,19-20,22H,2-5,8-9,12-16H2,1H3,(H,24,26). The largest absolute Gasteiger partial charge is 0.353 e. The molecule has 1 N–H and O–H groups in total. The van der Waals surface area contributed by atoms with E-state index in [1.165, 1.54) is 25.7 Å². The Morgan fingerprint density at radius 3 is 2.45 bits per heavy atom. The van der Waals surface area contributed by atoms with Gasteiger partial charge >= 0.3 is 0 Å². The molecule has 1 aliphatic heterocycles. The monoisotopic (exact) mass is 418 g/mol. The van der Waals surface area contributed by atoms with Gasteiger partial charge in [0.1, 0.15) is 0 Å². The quantitative estimate of drug-likeness (QED) is 0.734. The third kappa shape index (κ3) is 4.69. The molecule has 0 radical (unpaired) electrons. The number of amides is 1. The Morgan fingerprint density at radius 1 is 1.10 bits per heavy atom. The maximum atomic E-state index is 12.7. The van der Waals surface area contributed by atoms with Crippen molar-refractivity contribution in [3.63, 3.8) is 0 Å². The van der Waals surface area contributed by atoms with Gasteiger partial charge in [-0.25, -0.2) is 8.42 Å². The Morgan fingerprint density at radius 2 is 1.83 bits per heavy atom. The van der Waals surface area contributed by atoms with E-state index >= 15 is 0 Å². The zero-order valence-electron chi connectivity index (χ0n) is 17.5. The molecule has 1 heterocycles. The summed E-state index contributed by atoms with van der Waals surface area (Å²) in [6.07, 6.45) is 9.42. The predicted molar refractivity (Wildman–Crippen MR) is 114 cm³/mol. The molecule has 5 nitrogen and oxygen atoms in total. The molecule has 2 aliphatic carbocycles. The molecule has 2 saturated carbocycles. The lowest BCUT2D eigenvalue weighted by Gasteiger charge is -2.28. The van der Waals surface area contributed by atoms with Crippen LogP contribution in [0.5, 0.6) is 0 Å². The topological polar surface area (TPSA) is 66.5 Å². The van der Waals surface area contributed by atoms with Crippen molar-refractivity contribution >= 4 is 15.9 Å². The Labute approximate surface area is 175 Å². The average molecular weight is 419 g/mol. The number of fused-ring (bicyclic) bond motifs is 2. The molecule has 3 fully saturated rings. The number of hydrogen-bond acceptors (Lipinski definition) is 3. The van der Waals surface area contributed by atoms with Crippen LogP contribution in [0.15, 0.2) is 29.2 Å². The van der Waals surface area contributed by atoms with Crippen LogP contribution in [0.3, 0.4) is 0 Å². The molecule has 4 unspecified atom stereocenters. The maximum Gasteiger partial charge on any atom is 0.243 e. The first-order valence-electron chi connectivity index (χ1n) is 11.3. The number of hydrogen-bond donors (Lipinski definition) is 1. The van der Waals surface area contributed by atoms with Gasteiger partial charge in [-0.15, -0.1) is 0 Å². The van der Waals surface area contributed by atoms with E-state index in [1.807, 2.05) is 12.1 Å². The van der Waals surface area contributed by atoms with E-state index < -0.39 is 10.0 Å². The van der Waals surface area contributed by atoms with E-state index in [9.17, 15) is 13.2 Å². The zero-order chi connectivity index (χ0) is 20.4. The second-order valence-corrected chi connectivity index (χ2v) is 11.2. The van der Waals surface area contributed by atoms with Gasteiger partial charge in [0.15, 0.2) is 0 Å². The van der Waals surface area contributed by atoms with Crippen molar-refractivity contribution < 1.29 is 13.2 Å². The van der Waals surface area contributed by atoms with Crippen molar-refractivity contribution in [1.82, 2.24) is 9.62 Å². The van der Waals surface area contributed by atoms with E-state index in [1.54, 1.807) is 16.4 Å². The highest BCUT2D eigenvalue weighted by molar-refractivity contribution is 7.89. The van der Waals surface area contributed by atoms with Crippen LogP contribution < -0.4 is 5.32 Å². The first kappa shape index (κ1) is 20.9. The number of sulfonamides is 1. The van der Waals surface area contributed by atoms with Gasteiger partial charge in [-0.1, -0.05) is 25.0 Å². The molecule has 160 valence electrons. The SMILES string of the molecule is CC(NC(=O)CCc1ccc(S(=O)(=O)N2CCCCC2)cc1)C1CC2CCC1C2. The van der Waals surface area contributed by atoms with Crippen molar-refractivity contribution in [2.24, 2.45) is 17.8 Å². The summed E-state index contributed by atoms with van der Waals surface area (Å²) >= 11 is 0. The molecular weight excluding hydrogens is 384 g/mol. The summed E-state index contributed by atoms with van der Waals surface area (Å²) in [5, 5.41) is 3.21. The van der Waals surface area contributed by atoms with Crippen LogP contribution in [0.25, 0.3) is 0 Å². The second-order valence-electron chi connectivity index (χ2n) is 9.30. The summed E-state index contributed by atoms with van der Waals surface area (Å²) < 4.78 is 27.0. The molecule has 0 spiro atoms. The first-order chi connectivity index (χ1) is 13.9. The third-order valence-electron chi connectivity index (χ3n) is 7.34. The lowest BCUT2D eigenvalue weighted by molar-refractivity contribution is -0.122. The fourth-order valence-electron chi connectivity index (χ4n) is 5.68. The Hall–Kier alpha value is -1.40. The lowest BCUT2D eigenvalue weighted by Crippen LogP contribution is -2.40. The fourth-order valence-corrected chi connectivity index (χ4v) is 7.20. The first-order valence-corrected chi connectivity index (χ1v) is 12.8. The van der Waals surface area contributed by atoms with Gasteiger partial charge in [-0.2, -0.15) is 4.31 Å². The maximum absolute atomic E-state index is 12.7. The average Bonchev–Trinajstić information content (AvgIpc) is 3.37. The minimum Gasteiger partial charge on any atom is -0.353 e. The number of nitrogens with one attached hydrogen (secondary N) is 1. The van der Waals surface area contributed by atoms with Gasteiger partial charge in [0.25, 0.3) is 0 Å². The second kappa shape index (κ2) is 8.76. The molecule has 3 aliphatic rings. The summed E-state index contributed by atoms with van der Waals surface area (Å²) in [5.41, 5.74) is 1.00. The summed E-state index contributed by atoms with van der Waals surface area (Å²) in [5.74, 6) is 2.45. The number of aryl methyl sites for hydroxylation is 1. The summed E-state index contributed by atoms with van der Waals surface area (Å²) in [4.78, 5) is 12.8. The van der Waals surface area contributed by atoms with Crippen molar-refractivity contribution in [2.75, 3.05) is 13.1 Å². The van der Waals surface area contributed by atoms with Gasteiger partial charge in [0.05, 0.1) is 4.90 Å². The van der Waals surface area contributed by atoms with Crippen LogP contribution in [-0.2, 0) is 21.2 Å². The van der Waals surface area contributed by atoms with E-state index in [4.69, 9.17) is 0 Å². The smallest absolute Gasteiger partial charge is 0.243 e. The molecule has 2 bridgehead atoms. The minimum atomic E-state index is -3.39. The number of rotatable bonds is 7. The molecule has 4 rings (SSSR count). The summed E-state index contributed by atoms with van der Waals surface area (Å²) in [6, 6.07) is 7.34. The van der Waals surface area contributed by atoms with Crippen LogP contribution in [0.2, 0.25) is 0 Å². The highest BCUT2D eigenvalue weighted by atomic mass is 32.2. The molecule has 1 saturated heterocycles. The van der Waals surface area contributed by atoms with Crippen LogP contribution in [0.1, 0.15) is 63.9 Å². The highest BCUT2D eigenvalue weighted by Gasteiger charge is 2.42. The van der Waals surface area contributed by atoms with Crippen molar-refractivity contribution in [2.45, 2.75) is 75.6 Å². The molecular formula is C23H34N2O3S. The molecule has 4 atom stereocenters. The van der Waals surface area contributed by atoms with E-state index in [0.717, 1.165) is 36.7 Å². The molecule has 29 heavy (non-hydrogen) atoms. The Bertz CT molecular complexity index is 815. The number of carbonyl (C=O) groups excluding carboxylic acids is 1. The lowest BCUT2D eigenvalue weighted by atomic mass is 9.84.